The van der Waals surface area contributed by atoms with Gasteiger partial charge in [-0.25, -0.2) is 14.3 Å². The molecular formula is C23H28N4O4. The van der Waals surface area contributed by atoms with Gasteiger partial charge in [0, 0.05) is 23.4 Å². The summed E-state index contributed by atoms with van der Waals surface area (Å²) in [6.45, 7) is 3.24. The van der Waals surface area contributed by atoms with Crippen molar-refractivity contribution >= 4 is 24.0 Å². The third-order valence-corrected chi connectivity index (χ3v) is 5.27. The molecule has 1 heterocycles. The van der Waals surface area contributed by atoms with Crippen LogP contribution >= 0.6 is 0 Å². The number of benzene rings is 1. The van der Waals surface area contributed by atoms with Gasteiger partial charge < -0.3 is 10.1 Å². The summed E-state index contributed by atoms with van der Waals surface area (Å²) in [5, 5.41) is 9.49. The molecule has 8 nitrogen and oxygen atoms in total. The van der Waals surface area contributed by atoms with E-state index in [1.165, 1.54) is 12.5 Å². The van der Waals surface area contributed by atoms with E-state index in [2.05, 4.69) is 15.7 Å². The Labute approximate surface area is 181 Å². The molecule has 3 rings (SSSR count). The lowest BCUT2D eigenvalue weighted by Gasteiger charge is -2.22. The van der Waals surface area contributed by atoms with Crippen molar-refractivity contribution < 1.29 is 19.1 Å². The highest BCUT2D eigenvalue weighted by Crippen LogP contribution is 2.19. The van der Waals surface area contributed by atoms with Gasteiger partial charge in [-0.1, -0.05) is 37.5 Å². The van der Waals surface area contributed by atoms with Crippen LogP contribution in [0.15, 0.2) is 36.4 Å². The number of para-hydroxylation sites is 1. The Bertz CT molecular complexity index is 959. The number of esters is 1. The first-order valence-corrected chi connectivity index (χ1v) is 10.5. The number of urea groups is 1. The zero-order valence-electron chi connectivity index (χ0n) is 17.9. The molecule has 164 valence electrons. The minimum atomic E-state index is -0.672. The van der Waals surface area contributed by atoms with Crippen LogP contribution in [0, 0.1) is 13.8 Å². The normalized spacial score (nSPS) is 14.4. The molecular weight excluding hydrogens is 396 g/mol. The monoisotopic (exact) mass is 424 g/mol. The van der Waals surface area contributed by atoms with Gasteiger partial charge in [0.1, 0.15) is 0 Å². The zero-order valence-corrected chi connectivity index (χ0v) is 17.9. The fourth-order valence-electron chi connectivity index (χ4n) is 3.68. The van der Waals surface area contributed by atoms with Crippen molar-refractivity contribution in [1.82, 2.24) is 20.4 Å². The van der Waals surface area contributed by atoms with Crippen LogP contribution in [0.25, 0.3) is 11.8 Å². The molecule has 0 saturated heterocycles. The van der Waals surface area contributed by atoms with E-state index in [9.17, 15) is 14.4 Å². The maximum Gasteiger partial charge on any atom is 0.331 e. The predicted molar refractivity (Wildman–Crippen MR) is 117 cm³/mol. The lowest BCUT2D eigenvalue weighted by Crippen LogP contribution is -2.46. The van der Waals surface area contributed by atoms with E-state index in [1.807, 2.05) is 44.2 Å². The summed E-state index contributed by atoms with van der Waals surface area (Å²) < 4.78 is 6.75. The summed E-state index contributed by atoms with van der Waals surface area (Å²) in [5.41, 5.74) is 3.37. The molecule has 31 heavy (non-hydrogen) atoms. The maximum absolute atomic E-state index is 12.0. The molecule has 0 unspecified atom stereocenters. The Balaban J connectivity index is 1.49. The minimum Gasteiger partial charge on any atom is -0.452 e. The molecule has 8 heteroatoms. The van der Waals surface area contributed by atoms with Gasteiger partial charge in [-0.3, -0.25) is 10.1 Å². The number of carbonyl (C=O) groups excluding carboxylic acids is 3. The van der Waals surface area contributed by atoms with E-state index in [1.54, 1.807) is 10.8 Å². The molecule has 0 spiro atoms. The van der Waals surface area contributed by atoms with Crippen LogP contribution < -0.4 is 10.6 Å². The number of rotatable bonds is 6. The summed E-state index contributed by atoms with van der Waals surface area (Å²) in [4.78, 5) is 35.7. The van der Waals surface area contributed by atoms with E-state index < -0.39 is 24.5 Å². The molecule has 1 aromatic carbocycles. The maximum atomic E-state index is 12.0. The Morgan fingerprint density at radius 3 is 2.55 bits per heavy atom. The molecule has 3 amide bonds. The third-order valence-electron chi connectivity index (χ3n) is 5.27. The largest absolute Gasteiger partial charge is 0.452 e. The smallest absolute Gasteiger partial charge is 0.331 e. The minimum absolute atomic E-state index is 0.0929. The summed E-state index contributed by atoms with van der Waals surface area (Å²) in [5.74, 6) is -1.34. The standard InChI is InChI=1S/C23H28N4O4/c1-16-20(17(2)27(26-16)19-11-7-4-8-12-19)13-14-22(29)31-15-21(28)25-23(30)24-18-9-5-3-6-10-18/h4,7-8,11-14,18H,3,5-6,9-10,15H2,1-2H3,(H2,24,25,28,30). The first-order valence-electron chi connectivity index (χ1n) is 10.5. The lowest BCUT2D eigenvalue weighted by molar-refractivity contribution is -0.143. The van der Waals surface area contributed by atoms with Crippen LogP contribution in [0.1, 0.15) is 49.1 Å². The van der Waals surface area contributed by atoms with Crippen molar-refractivity contribution in [3.8, 4) is 5.69 Å². The quantitative estimate of drug-likeness (QED) is 0.548. The summed E-state index contributed by atoms with van der Waals surface area (Å²) in [6.07, 6.45) is 8.03. The number of nitrogens with zero attached hydrogens (tertiary/aromatic N) is 2. The molecule has 0 radical (unpaired) electrons. The fraction of sp³-hybridized carbons (Fsp3) is 0.391. The summed E-state index contributed by atoms with van der Waals surface area (Å²) >= 11 is 0. The van der Waals surface area contributed by atoms with E-state index in [0.717, 1.165) is 48.3 Å². The molecule has 1 aliphatic rings. The first kappa shape index (κ1) is 22.3. The van der Waals surface area contributed by atoms with Gasteiger partial charge in [-0.2, -0.15) is 5.10 Å². The number of aromatic nitrogens is 2. The molecule has 0 aliphatic heterocycles. The fourth-order valence-corrected chi connectivity index (χ4v) is 3.68. The SMILES string of the molecule is Cc1nn(-c2ccccc2)c(C)c1C=CC(=O)OCC(=O)NC(=O)NC1CCCCC1. The number of aryl methyl sites for hydroxylation is 1. The Morgan fingerprint density at radius 1 is 1.13 bits per heavy atom. The number of nitrogens with one attached hydrogen (secondary N) is 2. The van der Waals surface area contributed by atoms with Crippen molar-refractivity contribution in [3.05, 3.63) is 53.4 Å². The summed E-state index contributed by atoms with van der Waals surface area (Å²) in [6, 6.07) is 9.23. The molecule has 0 atom stereocenters. The second-order valence-electron chi connectivity index (χ2n) is 7.63. The topological polar surface area (TPSA) is 102 Å². The highest BCUT2D eigenvalue weighted by molar-refractivity contribution is 5.96. The number of hydrogen-bond donors (Lipinski definition) is 2. The van der Waals surface area contributed by atoms with Crippen molar-refractivity contribution in [1.29, 1.82) is 0 Å². The van der Waals surface area contributed by atoms with Gasteiger partial charge in [0.15, 0.2) is 6.61 Å². The highest BCUT2D eigenvalue weighted by Gasteiger charge is 2.17. The van der Waals surface area contributed by atoms with E-state index in [-0.39, 0.29) is 6.04 Å². The van der Waals surface area contributed by atoms with Crippen molar-refractivity contribution in [2.24, 2.45) is 0 Å². The number of hydrogen-bond acceptors (Lipinski definition) is 5. The summed E-state index contributed by atoms with van der Waals surface area (Å²) in [7, 11) is 0. The first-order chi connectivity index (χ1) is 14.9. The van der Waals surface area contributed by atoms with Crippen LogP contribution in [-0.4, -0.2) is 40.3 Å². The Morgan fingerprint density at radius 2 is 1.84 bits per heavy atom. The second-order valence-corrected chi connectivity index (χ2v) is 7.63. The van der Waals surface area contributed by atoms with Crippen molar-refractivity contribution in [2.45, 2.75) is 52.0 Å². The number of ether oxygens (including phenoxy) is 1. The number of carbonyl (C=O) groups is 3. The molecule has 2 N–H and O–H groups in total. The number of imide groups is 1. The van der Waals surface area contributed by atoms with Gasteiger partial charge in [-0.05, 0) is 44.9 Å². The molecule has 1 fully saturated rings. The molecule has 0 bridgehead atoms. The predicted octanol–water partition coefficient (Wildman–Crippen LogP) is 3.20. The number of amides is 3. The van der Waals surface area contributed by atoms with E-state index in [0.29, 0.717) is 0 Å². The van der Waals surface area contributed by atoms with Gasteiger partial charge in [0.05, 0.1) is 11.4 Å². The van der Waals surface area contributed by atoms with Gasteiger partial charge in [-0.15, -0.1) is 0 Å². The van der Waals surface area contributed by atoms with Crippen LogP contribution in [0.4, 0.5) is 4.79 Å². The van der Waals surface area contributed by atoms with Gasteiger partial charge >= 0.3 is 12.0 Å². The van der Waals surface area contributed by atoms with Crippen LogP contribution in [-0.2, 0) is 14.3 Å². The Kier molecular flexibility index (Phi) is 7.59. The molecule has 1 aromatic heterocycles. The van der Waals surface area contributed by atoms with Crippen molar-refractivity contribution in [2.75, 3.05) is 6.61 Å². The third kappa shape index (κ3) is 6.28. The zero-order chi connectivity index (χ0) is 22.2. The second kappa shape index (κ2) is 10.6. The van der Waals surface area contributed by atoms with Gasteiger partial charge in [0.25, 0.3) is 5.91 Å². The van der Waals surface area contributed by atoms with Crippen LogP contribution in [0.2, 0.25) is 0 Å². The van der Waals surface area contributed by atoms with Crippen molar-refractivity contribution in [3.63, 3.8) is 0 Å². The highest BCUT2D eigenvalue weighted by atomic mass is 16.5. The lowest BCUT2D eigenvalue weighted by atomic mass is 9.96. The Hall–Kier alpha value is -3.42. The molecule has 1 saturated carbocycles. The average molecular weight is 425 g/mol. The van der Waals surface area contributed by atoms with Crippen LogP contribution in [0.5, 0.6) is 0 Å². The van der Waals surface area contributed by atoms with E-state index in [4.69, 9.17) is 4.74 Å². The van der Waals surface area contributed by atoms with Crippen LogP contribution in [0.3, 0.4) is 0 Å². The van der Waals surface area contributed by atoms with E-state index >= 15 is 0 Å². The van der Waals surface area contributed by atoms with Gasteiger partial charge in [0.2, 0.25) is 0 Å². The molecule has 1 aliphatic carbocycles. The molecule has 2 aromatic rings. The average Bonchev–Trinajstić information content (AvgIpc) is 3.05.